The Morgan fingerprint density at radius 1 is 1.30 bits per heavy atom. The Hall–Kier alpha value is -2.11. The van der Waals surface area contributed by atoms with Crippen molar-refractivity contribution in [3.63, 3.8) is 0 Å². The summed E-state index contributed by atoms with van der Waals surface area (Å²) in [5, 5.41) is 9.24. The lowest BCUT2D eigenvalue weighted by molar-refractivity contribution is 0.0110. The summed E-state index contributed by atoms with van der Waals surface area (Å²) in [6.45, 7) is 5.52. The van der Waals surface area contributed by atoms with Crippen LogP contribution >= 0.6 is 0 Å². The van der Waals surface area contributed by atoms with E-state index < -0.39 is 29.8 Å². The van der Waals surface area contributed by atoms with Gasteiger partial charge in [-0.05, 0) is 38.8 Å². The third-order valence-corrected chi connectivity index (χ3v) is 3.78. The molecule has 1 aromatic carbocycles. The first-order valence-corrected chi connectivity index (χ1v) is 7.63. The SMILES string of the molecule is CC(C)(C)OC(=O)N1CCC(c2ccccc2C(=O)O)C(F)C1. The van der Waals surface area contributed by atoms with Crippen molar-refractivity contribution in [3.8, 4) is 0 Å². The van der Waals surface area contributed by atoms with E-state index >= 15 is 0 Å². The van der Waals surface area contributed by atoms with Crippen LogP contribution in [0.4, 0.5) is 9.18 Å². The van der Waals surface area contributed by atoms with E-state index in [1.165, 1.54) is 11.0 Å². The molecule has 0 radical (unpaired) electrons. The lowest BCUT2D eigenvalue weighted by atomic mass is 9.85. The Morgan fingerprint density at radius 2 is 1.96 bits per heavy atom. The Balaban J connectivity index is 2.11. The summed E-state index contributed by atoms with van der Waals surface area (Å²) >= 11 is 0. The highest BCUT2D eigenvalue weighted by Crippen LogP contribution is 2.33. The fourth-order valence-corrected chi connectivity index (χ4v) is 2.76. The summed E-state index contributed by atoms with van der Waals surface area (Å²) in [6, 6.07) is 6.44. The molecule has 0 bridgehead atoms. The highest BCUT2D eigenvalue weighted by atomic mass is 19.1. The fourth-order valence-electron chi connectivity index (χ4n) is 2.76. The van der Waals surface area contributed by atoms with Crippen molar-refractivity contribution >= 4 is 12.1 Å². The Labute approximate surface area is 135 Å². The standard InChI is InChI=1S/C17H22FNO4/c1-17(2,3)23-16(22)19-9-8-12(14(18)10-19)11-6-4-5-7-13(11)15(20)21/h4-7,12,14H,8-10H2,1-3H3,(H,20,21). The summed E-state index contributed by atoms with van der Waals surface area (Å²) in [6.07, 6.45) is -1.49. The molecule has 1 aliphatic rings. The second-order valence-electron chi connectivity index (χ2n) is 6.73. The number of hydrogen-bond acceptors (Lipinski definition) is 3. The molecule has 2 unspecified atom stereocenters. The van der Waals surface area contributed by atoms with E-state index in [9.17, 15) is 19.1 Å². The van der Waals surface area contributed by atoms with E-state index in [1.54, 1.807) is 39.0 Å². The molecule has 0 spiro atoms. The lowest BCUT2D eigenvalue weighted by Crippen LogP contribution is -2.46. The van der Waals surface area contributed by atoms with Crippen LogP contribution in [0, 0.1) is 0 Å². The number of alkyl halides is 1. The molecule has 126 valence electrons. The van der Waals surface area contributed by atoms with Gasteiger partial charge >= 0.3 is 12.1 Å². The van der Waals surface area contributed by atoms with Crippen molar-refractivity contribution in [3.05, 3.63) is 35.4 Å². The number of benzene rings is 1. The van der Waals surface area contributed by atoms with Gasteiger partial charge < -0.3 is 14.7 Å². The second kappa shape index (κ2) is 6.56. The number of aromatic carboxylic acids is 1. The van der Waals surface area contributed by atoms with Gasteiger partial charge in [0, 0.05) is 12.5 Å². The summed E-state index contributed by atoms with van der Waals surface area (Å²) < 4.78 is 19.8. The number of carbonyl (C=O) groups is 2. The highest BCUT2D eigenvalue weighted by molar-refractivity contribution is 5.89. The van der Waals surface area contributed by atoms with Crippen LogP contribution in [-0.4, -0.2) is 46.9 Å². The number of piperidine rings is 1. The molecular formula is C17H22FNO4. The zero-order chi connectivity index (χ0) is 17.2. The normalized spacial score (nSPS) is 21.8. The Bertz CT molecular complexity index is 597. The molecule has 1 aromatic rings. The van der Waals surface area contributed by atoms with Gasteiger partial charge in [-0.1, -0.05) is 18.2 Å². The maximum Gasteiger partial charge on any atom is 0.410 e. The monoisotopic (exact) mass is 323 g/mol. The van der Waals surface area contributed by atoms with Crippen LogP contribution in [0.3, 0.4) is 0 Å². The van der Waals surface area contributed by atoms with Gasteiger partial charge in [0.05, 0.1) is 12.1 Å². The van der Waals surface area contributed by atoms with Crippen molar-refractivity contribution in [2.75, 3.05) is 13.1 Å². The first-order chi connectivity index (χ1) is 10.7. The molecule has 1 aliphatic heterocycles. The van der Waals surface area contributed by atoms with Crippen LogP contribution in [0.15, 0.2) is 24.3 Å². The third-order valence-electron chi connectivity index (χ3n) is 3.78. The van der Waals surface area contributed by atoms with Gasteiger partial charge in [0.1, 0.15) is 11.8 Å². The quantitative estimate of drug-likeness (QED) is 0.905. The van der Waals surface area contributed by atoms with Gasteiger partial charge in [-0.3, -0.25) is 0 Å². The first kappa shape index (κ1) is 17.2. The largest absolute Gasteiger partial charge is 0.478 e. The molecule has 5 nitrogen and oxygen atoms in total. The number of carboxylic acid groups (broad SMARTS) is 1. The molecule has 2 atom stereocenters. The lowest BCUT2D eigenvalue weighted by Gasteiger charge is -2.36. The molecule has 0 saturated carbocycles. The van der Waals surface area contributed by atoms with Gasteiger partial charge in [0.25, 0.3) is 0 Å². The Morgan fingerprint density at radius 3 is 2.52 bits per heavy atom. The van der Waals surface area contributed by atoms with Crippen LogP contribution in [-0.2, 0) is 4.74 Å². The predicted molar refractivity (Wildman–Crippen MR) is 83.5 cm³/mol. The van der Waals surface area contributed by atoms with Gasteiger partial charge in [-0.25, -0.2) is 14.0 Å². The molecular weight excluding hydrogens is 301 g/mol. The maximum absolute atomic E-state index is 14.6. The van der Waals surface area contributed by atoms with Gasteiger partial charge in [-0.2, -0.15) is 0 Å². The molecule has 1 N–H and O–H groups in total. The number of likely N-dealkylation sites (tertiary alicyclic amines) is 1. The smallest absolute Gasteiger partial charge is 0.410 e. The predicted octanol–water partition coefficient (Wildman–Crippen LogP) is 3.45. The summed E-state index contributed by atoms with van der Waals surface area (Å²) in [5.74, 6) is -1.59. The van der Waals surface area contributed by atoms with Gasteiger partial charge in [0.2, 0.25) is 0 Å². The van der Waals surface area contributed by atoms with E-state index in [0.717, 1.165) is 0 Å². The molecule has 23 heavy (non-hydrogen) atoms. The number of ether oxygens (including phenoxy) is 1. The number of nitrogens with zero attached hydrogens (tertiary/aromatic N) is 1. The average molecular weight is 323 g/mol. The average Bonchev–Trinajstić information content (AvgIpc) is 2.45. The topological polar surface area (TPSA) is 66.8 Å². The number of carboxylic acids is 1. The molecule has 2 rings (SSSR count). The summed E-state index contributed by atoms with van der Waals surface area (Å²) in [4.78, 5) is 24.7. The molecule has 1 amide bonds. The zero-order valence-corrected chi connectivity index (χ0v) is 13.6. The van der Waals surface area contributed by atoms with Gasteiger partial charge in [-0.15, -0.1) is 0 Å². The van der Waals surface area contributed by atoms with E-state index in [0.29, 0.717) is 18.5 Å². The van der Waals surface area contributed by atoms with Crippen molar-refractivity contribution < 1.29 is 23.8 Å². The van der Waals surface area contributed by atoms with Gasteiger partial charge in [0.15, 0.2) is 0 Å². The highest BCUT2D eigenvalue weighted by Gasteiger charge is 2.35. The number of hydrogen-bond donors (Lipinski definition) is 1. The van der Waals surface area contributed by atoms with Crippen LogP contribution in [0.5, 0.6) is 0 Å². The Kier molecular flexibility index (Phi) is 4.92. The van der Waals surface area contributed by atoms with Crippen LogP contribution in [0.2, 0.25) is 0 Å². The van der Waals surface area contributed by atoms with E-state index in [2.05, 4.69) is 0 Å². The second-order valence-corrected chi connectivity index (χ2v) is 6.73. The fraction of sp³-hybridized carbons (Fsp3) is 0.529. The third kappa shape index (κ3) is 4.21. The number of amides is 1. The molecule has 6 heteroatoms. The van der Waals surface area contributed by atoms with Crippen LogP contribution < -0.4 is 0 Å². The van der Waals surface area contributed by atoms with Crippen molar-refractivity contribution in [2.24, 2.45) is 0 Å². The molecule has 0 aromatic heterocycles. The van der Waals surface area contributed by atoms with Crippen LogP contribution in [0.25, 0.3) is 0 Å². The van der Waals surface area contributed by atoms with E-state index in [4.69, 9.17) is 4.74 Å². The first-order valence-electron chi connectivity index (χ1n) is 7.63. The van der Waals surface area contributed by atoms with Crippen molar-refractivity contribution in [1.29, 1.82) is 0 Å². The van der Waals surface area contributed by atoms with E-state index in [-0.39, 0.29) is 12.1 Å². The minimum absolute atomic E-state index is 0.0897. The maximum atomic E-state index is 14.6. The minimum Gasteiger partial charge on any atom is -0.478 e. The van der Waals surface area contributed by atoms with E-state index in [1.807, 2.05) is 0 Å². The summed E-state index contributed by atoms with van der Waals surface area (Å²) in [7, 11) is 0. The summed E-state index contributed by atoms with van der Waals surface area (Å²) in [5.41, 5.74) is -0.0301. The molecule has 1 heterocycles. The number of carbonyl (C=O) groups excluding carboxylic acids is 1. The number of rotatable bonds is 2. The molecule has 1 fully saturated rings. The van der Waals surface area contributed by atoms with Crippen molar-refractivity contribution in [1.82, 2.24) is 4.90 Å². The molecule has 0 aliphatic carbocycles. The molecule has 1 saturated heterocycles. The van der Waals surface area contributed by atoms with Crippen LogP contribution in [0.1, 0.15) is 49.0 Å². The number of halogens is 1. The zero-order valence-electron chi connectivity index (χ0n) is 13.6. The minimum atomic E-state index is -1.32. The van der Waals surface area contributed by atoms with Crippen molar-refractivity contribution in [2.45, 2.75) is 44.9 Å².